The van der Waals surface area contributed by atoms with Crippen molar-refractivity contribution in [3.8, 4) is 0 Å². The number of nitrogens with one attached hydrogen (secondary N) is 1. The number of hydrogen-bond donors (Lipinski definition) is 1. The van der Waals surface area contributed by atoms with Crippen LogP contribution in [-0.2, 0) is 6.54 Å². The van der Waals surface area contributed by atoms with Gasteiger partial charge < -0.3 is 5.32 Å². The molecule has 0 amide bonds. The maximum Gasteiger partial charge on any atom is 0.123 e. The van der Waals surface area contributed by atoms with Crippen LogP contribution in [0.2, 0.25) is 0 Å². The Morgan fingerprint density at radius 3 is 2.76 bits per heavy atom. The summed E-state index contributed by atoms with van der Waals surface area (Å²) in [6, 6.07) is 12.7. The van der Waals surface area contributed by atoms with E-state index < -0.39 is 0 Å². The van der Waals surface area contributed by atoms with E-state index >= 15 is 0 Å². The van der Waals surface area contributed by atoms with Crippen LogP contribution < -0.4 is 5.32 Å². The largest absolute Gasteiger partial charge is 0.380 e. The highest BCUT2D eigenvalue weighted by Gasteiger charge is 2.01. The Bertz CT molecular complexity index is 531. The molecular formula is C13H10BrFIN. The van der Waals surface area contributed by atoms with E-state index in [1.807, 2.05) is 24.3 Å². The number of anilines is 1. The molecule has 0 heterocycles. The van der Waals surface area contributed by atoms with Crippen molar-refractivity contribution < 1.29 is 4.39 Å². The fraction of sp³-hybridized carbons (Fsp3) is 0.0769. The minimum Gasteiger partial charge on any atom is -0.380 e. The molecule has 0 unspecified atom stereocenters. The Kier molecular flexibility index (Phi) is 4.39. The number of benzene rings is 2. The Morgan fingerprint density at radius 2 is 2.00 bits per heavy atom. The molecular weight excluding hydrogens is 396 g/mol. The minimum absolute atomic E-state index is 0.203. The van der Waals surface area contributed by atoms with Crippen LogP contribution in [0.3, 0.4) is 0 Å². The number of hydrogen-bond acceptors (Lipinski definition) is 1. The van der Waals surface area contributed by atoms with Crippen molar-refractivity contribution in [2.24, 2.45) is 0 Å². The first-order valence-corrected chi connectivity index (χ1v) is 6.96. The van der Waals surface area contributed by atoms with E-state index in [0.29, 0.717) is 6.54 Å². The van der Waals surface area contributed by atoms with E-state index in [9.17, 15) is 4.39 Å². The summed E-state index contributed by atoms with van der Waals surface area (Å²) in [6.45, 7) is 0.608. The molecule has 2 aromatic rings. The molecule has 0 aliphatic carbocycles. The van der Waals surface area contributed by atoms with Crippen LogP contribution in [-0.4, -0.2) is 0 Å². The monoisotopic (exact) mass is 405 g/mol. The quantitative estimate of drug-likeness (QED) is 0.723. The lowest BCUT2D eigenvalue weighted by Crippen LogP contribution is -2.00. The molecule has 2 aromatic carbocycles. The van der Waals surface area contributed by atoms with Crippen LogP contribution in [0, 0.1) is 9.39 Å². The number of rotatable bonds is 3. The van der Waals surface area contributed by atoms with Crippen molar-refractivity contribution in [1.29, 1.82) is 0 Å². The van der Waals surface area contributed by atoms with E-state index in [2.05, 4.69) is 43.8 Å². The summed E-state index contributed by atoms with van der Waals surface area (Å²) in [5.41, 5.74) is 1.94. The van der Waals surface area contributed by atoms with Gasteiger partial charge in [0.25, 0.3) is 0 Å². The van der Waals surface area contributed by atoms with Gasteiger partial charge in [0.15, 0.2) is 0 Å². The van der Waals surface area contributed by atoms with E-state index in [0.717, 1.165) is 19.3 Å². The van der Waals surface area contributed by atoms with Gasteiger partial charge in [-0.2, -0.15) is 0 Å². The van der Waals surface area contributed by atoms with Crippen LogP contribution in [0.4, 0.5) is 10.1 Å². The first-order valence-electron chi connectivity index (χ1n) is 5.08. The molecule has 0 aromatic heterocycles. The Hall–Kier alpha value is -0.620. The van der Waals surface area contributed by atoms with Crippen LogP contribution >= 0.6 is 38.5 Å². The van der Waals surface area contributed by atoms with Crippen LogP contribution in [0.25, 0.3) is 0 Å². The Labute approximate surface area is 122 Å². The zero-order valence-electron chi connectivity index (χ0n) is 8.88. The highest BCUT2D eigenvalue weighted by Crippen LogP contribution is 2.24. The second-order valence-electron chi connectivity index (χ2n) is 3.61. The normalized spacial score (nSPS) is 10.3. The van der Waals surface area contributed by atoms with E-state index in [1.165, 1.54) is 12.1 Å². The van der Waals surface area contributed by atoms with Crippen molar-refractivity contribution >= 4 is 44.2 Å². The fourth-order valence-corrected chi connectivity index (χ4v) is 2.36. The Morgan fingerprint density at radius 1 is 1.18 bits per heavy atom. The minimum atomic E-state index is -0.203. The van der Waals surface area contributed by atoms with Gasteiger partial charge in [0, 0.05) is 20.3 Å². The molecule has 0 atom stereocenters. The summed E-state index contributed by atoms with van der Waals surface area (Å²) in [7, 11) is 0. The van der Waals surface area contributed by atoms with Crippen LogP contribution in [0.5, 0.6) is 0 Å². The van der Waals surface area contributed by atoms with Gasteiger partial charge in [-0.1, -0.05) is 12.1 Å². The van der Waals surface area contributed by atoms with E-state index in [1.54, 1.807) is 6.07 Å². The summed E-state index contributed by atoms with van der Waals surface area (Å²) in [4.78, 5) is 0. The van der Waals surface area contributed by atoms with Crippen molar-refractivity contribution in [3.05, 3.63) is 61.9 Å². The molecule has 1 N–H and O–H groups in total. The molecule has 17 heavy (non-hydrogen) atoms. The maximum atomic E-state index is 13.0. The maximum absolute atomic E-state index is 13.0. The van der Waals surface area contributed by atoms with Gasteiger partial charge in [-0.05, 0) is 74.4 Å². The molecule has 0 aliphatic rings. The summed E-state index contributed by atoms with van der Waals surface area (Å²) >= 11 is 5.74. The topological polar surface area (TPSA) is 12.0 Å². The average molecular weight is 406 g/mol. The smallest absolute Gasteiger partial charge is 0.123 e. The lowest BCUT2D eigenvalue weighted by molar-refractivity contribution is 0.626. The molecule has 0 spiro atoms. The second-order valence-corrected chi connectivity index (χ2v) is 5.71. The third kappa shape index (κ3) is 3.67. The van der Waals surface area contributed by atoms with E-state index in [4.69, 9.17) is 0 Å². The average Bonchev–Trinajstić information content (AvgIpc) is 2.30. The van der Waals surface area contributed by atoms with Gasteiger partial charge in [-0.15, -0.1) is 0 Å². The van der Waals surface area contributed by atoms with Crippen LogP contribution in [0.15, 0.2) is 46.9 Å². The lowest BCUT2D eigenvalue weighted by Gasteiger charge is -2.09. The van der Waals surface area contributed by atoms with E-state index in [-0.39, 0.29) is 5.82 Å². The zero-order chi connectivity index (χ0) is 12.3. The van der Waals surface area contributed by atoms with Crippen molar-refractivity contribution in [1.82, 2.24) is 0 Å². The highest BCUT2D eigenvalue weighted by molar-refractivity contribution is 14.1. The Balaban J connectivity index is 2.09. The summed E-state index contributed by atoms with van der Waals surface area (Å²) in [6.07, 6.45) is 0. The summed E-state index contributed by atoms with van der Waals surface area (Å²) in [5, 5.41) is 3.28. The van der Waals surface area contributed by atoms with Crippen molar-refractivity contribution in [2.45, 2.75) is 6.54 Å². The SMILES string of the molecule is Fc1cccc(CNc2cc(I)ccc2Br)c1. The molecule has 0 saturated carbocycles. The molecule has 2 rings (SSSR count). The van der Waals surface area contributed by atoms with Gasteiger partial charge in [-0.3, -0.25) is 0 Å². The first-order chi connectivity index (χ1) is 8.15. The predicted molar refractivity (Wildman–Crippen MR) is 80.6 cm³/mol. The number of halogens is 3. The molecule has 0 radical (unpaired) electrons. The second kappa shape index (κ2) is 5.82. The summed E-state index contributed by atoms with van der Waals surface area (Å²) in [5.74, 6) is -0.203. The molecule has 0 aliphatic heterocycles. The summed E-state index contributed by atoms with van der Waals surface area (Å²) < 4.78 is 15.2. The molecule has 88 valence electrons. The fourth-order valence-electron chi connectivity index (χ4n) is 1.48. The van der Waals surface area contributed by atoms with Crippen LogP contribution in [0.1, 0.15) is 5.56 Å². The van der Waals surface area contributed by atoms with Gasteiger partial charge in [0.1, 0.15) is 5.82 Å². The standard InChI is InChI=1S/C13H10BrFIN/c14-12-5-4-11(16)7-13(12)17-8-9-2-1-3-10(15)6-9/h1-7,17H,8H2. The van der Waals surface area contributed by atoms with Gasteiger partial charge in [0.05, 0.1) is 0 Å². The third-order valence-corrected chi connectivity index (χ3v) is 3.66. The van der Waals surface area contributed by atoms with Crippen molar-refractivity contribution in [2.75, 3.05) is 5.32 Å². The van der Waals surface area contributed by atoms with Gasteiger partial charge in [-0.25, -0.2) is 4.39 Å². The predicted octanol–water partition coefficient (Wildman–Crippen LogP) is 4.80. The first kappa shape index (κ1) is 12.8. The van der Waals surface area contributed by atoms with Gasteiger partial charge in [0.2, 0.25) is 0 Å². The third-order valence-electron chi connectivity index (χ3n) is 2.30. The molecule has 0 fully saturated rings. The molecule has 4 heteroatoms. The van der Waals surface area contributed by atoms with Gasteiger partial charge >= 0.3 is 0 Å². The zero-order valence-corrected chi connectivity index (χ0v) is 12.6. The highest BCUT2D eigenvalue weighted by atomic mass is 127. The molecule has 0 bridgehead atoms. The molecule has 1 nitrogen and oxygen atoms in total. The molecule has 0 saturated heterocycles. The lowest BCUT2D eigenvalue weighted by atomic mass is 10.2. The van der Waals surface area contributed by atoms with Crippen molar-refractivity contribution in [3.63, 3.8) is 0 Å².